The minimum absolute atomic E-state index is 0.0958. The van der Waals surface area contributed by atoms with Crippen molar-refractivity contribution in [3.05, 3.63) is 23.8 Å². The van der Waals surface area contributed by atoms with Gasteiger partial charge >= 0.3 is 0 Å². The molecule has 28 heavy (non-hydrogen) atoms. The van der Waals surface area contributed by atoms with E-state index in [2.05, 4.69) is 16.3 Å². The lowest BCUT2D eigenvalue weighted by atomic mass is 9.98. The van der Waals surface area contributed by atoms with Crippen molar-refractivity contribution in [1.82, 2.24) is 10.2 Å². The average molecular weight is 391 g/mol. The molecule has 6 heteroatoms. The van der Waals surface area contributed by atoms with Gasteiger partial charge in [0.2, 0.25) is 5.91 Å². The Hall–Kier alpha value is -1.79. The number of benzene rings is 1. The van der Waals surface area contributed by atoms with Crippen LogP contribution in [0.15, 0.2) is 18.2 Å². The number of carbonyl (C=O) groups is 1. The second-order valence-electron chi connectivity index (χ2n) is 7.71. The summed E-state index contributed by atoms with van der Waals surface area (Å²) in [4.78, 5) is 15.2. The van der Waals surface area contributed by atoms with Gasteiger partial charge in [-0.2, -0.15) is 0 Å². The van der Waals surface area contributed by atoms with E-state index in [1.807, 2.05) is 12.1 Å². The summed E-state index contributed by atoms with van der Waals surface area (Å²) in [6, 6.07) is 6.13. The number of nitrogens with zero attached hydrogens (tertiary/aromatic N) is 1. The predicted molar refractivity (Wildman–Crippen MR) is 109 cm³/mol. The van der Waals surface area contributed by atoms with Crippen LogP contribution in [0.1, 0.15) is 50.1 Å². The van der Waals surface area contributed by atoms with E-state index < -0.39 is 0 Å². The number of rotatable bonds is 7. The average Bonchev–Trinajstić information content (AvgIpc) is 3.04. The summed E-state index contributed by atoms with van der Waals surface area (Å²) >= 11 is 0. The zero-order valence-corrected chi connectivity index (χ0v) is 17.2. The molecule has 1 aromatic carbocycles. The summed E-state index contributed by atoms with van der Waals surface area (Å²) in [6.45, 7) is 3.77. The van der Waals surface area contributed by atoms with E-state index >= 15 is 0 Å². The van der Waals surface area contributed by atoms with Gasteiger partial charge in [-0.15, -0.1) is 0 Å². The molecule has 2 fully saturated rings. The first-order chi connectivity index (χ1) is 13.7. The van der Waals surface area contributed by atoms with Crippen molar-refractivity contribution in [3.8, 4) is 11.5 Å². The van der Waals surface area contributed by atoms with Gasteiger partial charge in [-0.1, -0.05) is 31.7 Å². The van der Waals surface area contributed by atoms with E-state index in [-0.39, 0.29) is 17.9 Å². The Morgan fingerprint density at radius 2 is 1.79 bits per heavy atom. The molecule has 1 aromatic rings. The van der Waals surface area contributed by atoms with Crippen molar-refractivity contribution >= 4 is 5.91 Å². The molecular weight excluding hydrogens is 356 g/mol. The number of hydrogen-bond donors (Lipinski definition) is 1. The van der Waals surface area contributed by atoms with Gasteiger partial charge in [0, 0.05) is 25.6 Å². The van der Waals surface area contributed by atoms with Gasteiger partial charge in [-0.3, -0.25) is 9.69 Å². The Kier molecular flexibility index (Phi) is 7.98. The third-order valence-corrected chi connectivity index (χ3v) is 5.97. The molecule has 0 radical (unpaired) electrons. The topological polar surface area (TPSA) is 60.0 Å². The monoisotopic (exact) mass is 390 g/mol. The maximum absolute atomic E-state index is 12.8. The van der Waals surface area contributed by atoms with Crippen molar-refractivity contribution in [3.63, 3.8) is 0 Å². The molecule has 2 aliphatic rings. The summed E-state index contributed by atoms with van der Waals surface area (Å²) in [5, 5.41) is 3.25. The lowest BCUT2D eigenvalue weighted by Crippen LogP contribution is -2.44. The highest BCUT2D eigenvalue weighted by Gasteiger charge is 2.26. The molecule has 1 saturated carbocycles. The molecule has 0 spiro atoms. The molecule has 1 amide bonds. The smallest absolute Gasteiger partial charge is 0.223 e. The molecule has 1 aliphatic heterocycles. The van der Waals surface area contributed by atoms with Crippen molar-refractivity contribution in [2.75, 3.05) is 47.1 Å². The molecule has 6 nitrogen and oxygen atoms in total. The summed E-state index contributed by atoms with van der Waals surface area (Å²) < 4.78 is 16.4. The Labute approximate surface area is 168 Å². The summed E-state index contributed by atoms with van der Waals surface area (Å²) in [7, 11) is 3.29. The fourth-order valence-corrected chi connectivity index (χ4v) is 4.29. The number of carbonyl (C=O) groups excluding carboxylic acids is 1. The third kappa shape index (κ3) is 5.39. The number of nitrogens with one attached hydrogen (secondary N) is 1. The van der Waals surface area contributed by atoms with Gasteiger partial charge in [-0.25, -0.2) is 0 Å². The highest BCUT2D eigenvalue weighted by atomic mass is 16.5. The highest BCUT2D eigenvalue weighted by Crippen LogP contribution is 2.32. The lowest BCUT2D eigenvalue weighted by Gasteiger charge is -2.35. The number of ether oxygens (including phenoxy) is 3. The standard InChI is InChI=1S/C22H34N2O4/c1-26-20-10-9-18(15-21(20)27-2)19(24-11-13-28-14-12-24)16-23-22(25)17-7-5-3-4-6-8-17/h9-10,15,17,19H,3-8,11-14,16H2,1-2H3,(H,23,25). The van der Waals surface area contributed by atoms with E-state index in [1.54, 1.807) is 14.2 Å². The van der Waals surface area contributed by atoms with Gasteiger partial charge in [-0.05, 0) is 30.5 Å². The maximum Gasteiger partial charge on any atom is 0.223 e. The van der Waals surface area contributed by atoms with E-state index in [1.165, 1.54) is 25.7 Å². The maximum atomic E-state index is 12.8. The molecule has 1 unspecified atom stereocenters. The van der Waals surface area contributed by atoms with E-state index in [9.17, 15) is 4.79 Å². The van der Waals surface area contributed by atoms with Crippen LogP contribution in [0.4, 0.5) is 0 Å². The Bertz CT molecular complexity index is 623. The van der Waals surface area contributed by atoms with Crippen LogP contribution in [0.25, 0.3) is 0 Å². The van der Waals surface area contributed by atoms with Crippen LogP contribution in [-0.4, -0.2) is 57.9 Å². The van der Waals surface area contributed by atoms with Crippen LogP contribution in [0.3, 0.4) is 0 Å². The molecule has 1 N–H and O–H groups in total. The van der Waals surface area contributed by atoms with E-state index in [4.69, 9.17) is 14.2 Å². The van der Waals surface area contributed by atoms with Crippen molar-refractivity contribution < 1.29 is 19.0 Å². The van der Waals surface area contributed by atoms with Gasteiger partial charge < -0.3 is 19.5 Å². The van der Waals surface area contributed by atoms with Crippen molar-refractivity contribution in [2.45, 2.75) is 44.6 Å². The first-order valence-electron chi connectivity index (χ1n) is 10.5. The second-order valence-corrected chi connectivity index (χ2v) is 7.71. The van der Waals surface area contributed by atoms with E-state index in [0.29, 0.717) is 12.3 Å². The van der Waals surface area contributed by atoms with Crippen LogP contribution in [-0.2, 0) is 9.53 Å². The zero-order chi connectivity index (χ0) is 19.8. The minimum Gasteiger partial charge on any atom is -0.493 e. The molecule has 1 aliphatic carbocycles. The number of methoxy groups -OCH3 is 2. The molecule has 1 atom stereocenters. The number of morpholine rings is 1. The molecular formula is C22H34N2O4. The van der Waals surface area contributed by atoms with Crippen LogP contribution >= 0.6 is 0 Å². The van der Waals surface area contributed by atoms with Gasteiger partial charge in [0.1, 0.15) is 0 Å². The summed E-state index contributed by atoms with van der Waals surface area (Å²) in [5.41, 5.74) is 1.13. The predicted octanol–water partition coefficient (Wildman–Crippen LogP) is 3.16. The molecule has 156 valence electrons. The number of amides is 1. The molecule has 1 saturated heterocycles. The minimum atomic E-state index is 0.0958. The molecule has 3 rings (SSSR count). The number of hydrogen-bond acceptors (Lipinski definition) is 5. The van der Waals surface area contributed by atoms with Crippen molar-refractivity contribution in [2.24, 2.45) is 5.92 Å². The Balaban J connectivity index is 1.72. The fourth-order valence-electron chi connectivity index (χ4n) is 4.29. The quantitative estimate of drug-likeness (QED) is 0.725. The summed E-state index contributed by atoms with van der Waals surface area (Å²) in [5.74, 6) is 1.81. The fraction of sp³-hybridized carbons (Fsp3) is 0.682. The summed E-state index contributed by atoms with van der Waals surface area (Å²) in [6.07, 6.45) is 6.88. The van der Waals surface area contributed by atoms with E-state index in [0.717, 1.165) is 50.5 Å². The van der Waals surface area contributed by atoms with Crippen LogP contribution in [0.2, 0.25) is 0 Å². The highest BCUT2D eigenvalue weighted by molar-refractivity contribution is 5.78. The normalized spacial score (nSPS) is 20.2. The molecule has 1 heterocycles. The first kappa shape index (κ1) is 20.9. The van der Waals surface area contributed by atoms with Crippen molar-refractivity contribution in [1.29, 1.82) is 0 Å². The molecule has 0 bridgehead atoms. The Morgan fingerprint density at radius 1 is 1.11 bits per heavy atom. The SMILES string of the molecule is COc1ccc(C(CNC(=O)C2CCCCCC2)N2CCOCC2)cc1OC. The third-order valence-electron chi connectivity index (χ3n) is 5.97. The Morgan fingerprint density at radius 3 is 2.43 bits per heavy atom. The van der Waals surface area contributed by atoms with Gasteiger partial charge in [0.15, 0.2) is 11.5 Å². The largest absolute Gasteiger partial charge is 0.493 e. The van der Waals surface area contributed by atoms with Crippen LogP contribution < -0.4 is 14.8 Å². The van der Waals surface area contributed by atoms with Crippen LogP contribution in [0.5, 0.6) is 11.5 Å². The second kappa shape index (κ2) is 10.7. The zero-order valence-electron chi connectivity index (χ0n) is 17.2. The molecule has 0 aromatic heterocycles. The van der Waals surface area contributed by atoms with Crippen LogP contribution in [0, 0.1) is 5.92 Å². The lowest BCUT2D eigenvalue weighted by molar-refractivity contribution is -0.125. The van der Waals surface area contributed by atoms with Gasteiger partial charge in [0.05, 0.1) is 33.5 Å². The van der Waals surface area contributed by atoms with Gasteiger partial charge in [0.25, 0.3) is 0 Å². The first-order valence-corrected chi connectivity index (χ1v) is 10.5.